The molecule has 2 heterocycles. The Morgan fingerprint density at radius 3 is 2.64 bits per heavy atom. The van der Waals surface area contributed by atoms with Crippen LogP contribution in [0.2, 0.25) is 0 Å². The second-order valence-corrected chi connectivity index (χ2v) is 9.46. The van der Waals surface area contributed by atoms with Gasteiger partial charge in [0.1, 0.15) is 5.00 Å². The van der Waals surface area contributed by atoms with Crippen LogP contribution < -0.4 is 16.0 Å². The van der Waals surface area contributed by atoms with Crippen molar-refractivity contribution in [1.82, 2.24) is 0 Å². The van der Waals surface area contributed by atoms with Crippen molar-refractivity contribution in [3.8, 4) is 0 Å². The molecule has 0 spiro atoms. The first kappa shape index (κ1) is 22.7. The van der Waals surface area contributed by atoms with Crippen molar-refractivity contribution in [3.63, 3.8) is 0 Å². The zero-order valence-corrected chi connectivity index (χ0v) is 19.4. The molecule has 0 radical (unpaired) electrons. The summed E-state index contributed by atoms with van der Waals surface area (Å²) in [7, 11) is 1.57. The van der Waals surface area contributed by atoms with Gasteiger partial charge >= 0.3 is 5.97 Å². The Morgan fingerprint density at radius 1 is 1.12 bits per heavy atom. The molecule has 0 unspecified atom stereocenters. The maximum Gasteiger partial charge on any atom is 0.340 e. The van der Waals surface area contributed by atoms with Crippen molar-refractivity contribution < 1.29 is 23.9 Å². The predicted molar refractivity (Wildman–Crippen MR) is 127 cm³/mol. The predicted octanol–water partition coefficient (Wildman–Crippen LogP) is 3.47. The number of anilines is 2. The van der Waals surface area contributed by atoms with Gasteiger partial charge in [0.2, 0.25) is 0 Å². The van der Waals surface area contributed by atoms with Crippen molar-refractivity contribution in [1.29, 1.82) is 0 Å². The number of amides is 3. The van der Waals surface area contributed by atoms with Gasteiger partial charge in [-0.1, -0.05) is 18.2 Å². The molecule has 0 saturated carbocycles. The number of para-hydroxylation sites is 1. The van der Waals surface area contributed by atoms with Crippen LogP contribution in [0.15, 0.2) is 41.8 Å². The summed E-state index contributed by atoms with van der Waals surface area (Å²) in [4.78, 5) is 52.7. The standard InChI is InChI=1S/C23H21N3O5S2/c1-26(22(29)17-10-5-11-32-17)15-8-3-2-6-13(15)23(30)31-12-18(27)25-21-19(20(24)28)14-7-4-9-16(14)33-21/h2-3,5-6,8,10-11H,4,7,9,12H2,1H3,(H2,24,28)(H,25,27). The van der Waals surface area contributed by atoms with Gasteiger partial charge in [-0.25, -0.2) is 4.79 Å². The topological polar surface area (TPSA) is 119 Å². The van der Waals surface area contributed by atoms with Gasteiger partial charge in [0.15, 0.2) is 6.61 Å². The number of nitrogens with zero attached hydrogens (tertiary/aromatic N) is 1. The number of fused-ring (bicyclic) bond motifs is 1. The van der Waals surface area contributed by atoms with Crippen LogP contribution in [-0.4, -0.2) is 37.3 Å². The number of thiophene rings is 2. The Bertz CT molecular complexity index is 1230. The first-order valence-electron chi connectivity index (χ1n) is 10.2. The summed E-state index contributed by atoms with van der Waals surface area (Å²) < 4.78 is 5.20. The van der Waals surface area contributed by atoms with Gasteiger partial charge in [0, 0.05) is 11.9 Å². The fraction of sp³-hybridized carbons (Fsp3) is 0.217. The molecule has 170 valence electrons. The van der Waals surface area contributed by atoms with Crippen molar-refractivity contribution in [3.05, 3.63) is 68.2 Å². The monoisotopic (exact) mass is 483 g/mol. The summed E-state index contributed by atoms with van der Waals surface area (Å²) in [6.45, 7) is -0.545. The SMILES string of the molecule is CN(C(=O)c1cccs1)c1ccccc1C(=O)OCC(=O)Nc1sc2c(c1C(N)=O)CCC2. The third-order valence-corrected chi connectivity index (χ3v) is 7.34. The van der Waals surface area contributed by atoms with Crippen LogP contribution in [0.3, 0.4) is 0 Å². The molecule has 0 fully saturated rings. The lowest BCUT2D eigenvalue weighted by atomic mass is 10.1. The minimum absolute atomic E-state index is 0.158. The second kappa shape index (κ2) is 9.55. The number of rotatable bonds is 7. The highest BCUT2D eigenvalue weighted by molar-refractivity contribution is 7.17. The highest BCUT2D eigenvalue weighted by Gasteiger charge is 2.27. The number of aryl methyl sites for hydroxylation is 1. The normalized spacial score (nSPS) is 12.2. The van der Waals surface area contributed by atoms with E-state index in [2.05, 4.69) is 5.32 Å². The van der Waals surface area contributed by atoms with E-state index in [1.807, 2.05) is 0 Å². The number of benzene rings is 1. The molecule has 3 N–H and O–H groups in total. The number of nitrogens with one attached hydrogen (secondary N) is 1. The van der Waals surface area contributed by atoms with Gasteiger partial charge in [-0.2, -0.15) is 0 Å². The van der Waals surface area contributed by atoms with Crippen LogP contribution >= 0.6 is 22.7 Å². The van der Waals surface area contributed by atoms with Crippen molar-refractivity contribution >= 4 is 57.1 Å². The fourth-order valence-corrected chi connectivity index (χ4v) is 5.75. The van der Waals surface area contributed by atoms with E-state index in [9.17, 15) is 19.2 Å². The highest BCUT2D eigenvalue weighted by Crippen LogP contribution is 2.38. The van der Waals surface area contributed by atoms with E-state index >= 15 is 0 Å². The zero-order chi connectivity index (χ0) is 23.5. The molecule has 1 aromatic carbocycles. The third-order valence-electron chi connectivity index (χ3n) is 5.28. The summed E-state index contributed by atoms with van der Waals surface area (Å²) in [5.41, 5.74) is 7.27. The number of hydrogen-bond acceptors (Lipinski definition) is 7. The van der Waals surface area contributed by atoms with Crippen molar-refractivity contribution in [2.24, 2.45) is 5.73 Å². The number of nitrogens with two attached hydrogens (primary N) is 1. The van der Waals surface area contributed by atoms with Gasteiger partial charge in [0.05, 0.1) is 21.7 Å². The average molecular weight is 484 g/mol. The molecule has 2 aromatic heterocycles. The molecule has 0 atom stereocenters. The molecule has 3 aromatic rings. The third kappa shape index (κ3) is 4.67. The van der Waals surface area contributed by atoms with E-state index in [1.165, 1.54) is 33.6 Å². The molecule has 4 rings (SSSR count). The summed E-state index contributed by atoms with van der Waals surface area (Å²) in [6, 6.07) is 10.00. The second-order valence-electron chi connectivity index (χ2n) is 7.41. The number of primary amides is 1. The smallest absolute Gasteiger partial charge is 0.340 e. The Labute approximate surface area is 198 Å². The van der Waals surface area contributed by atoms with Gasteiger partial charge in [-0.15, -0.1) is 22.7 Å². The van der Waals surface area contributed by atoms with E-state index in [0.29, 0.717) is 21.1 Å². The minimum Gasteiger partial charge on any atom is -0.452 e. The molecule has 3 amide bonds. The molecule has 8 nitrogen and oxygen atoms in total. The van der Waals surface area contributed by atoms with Crippen LogP contribution in [0, 0.1) is 0 Å². The van der Waals surface area contributed by atoms with Gasteiger partial charge in [0.25, 0.3) is 17.7 Å². The lowest BCUT2D eigenvalue weighted by Crippen LogP contribution is -2.28. The lowest BCUT2D eigenvalue weighted by molar-refractivity contribution is -0.119. The van der Waals surface area contributed by atoms with Crippen molar-refractivity contribution in [2.75, 3.05) is 23.9 Å². The summed E-state index contributed by atoms with van der Waals surface area (Å²) in [5.74, 6) is -2.16. The first-order chi connectivity index (χ1) is 15.9. The largest absolute Gasteiger partial charge is 0.452 e. The van der Waals surface area contributed by atoms with Crippen LogP contribution in [-0.2, 0) is 22.4 Å². The lowest BCUT2D eigenvalue weighted by Gasteiger charge is -2.19. The van der Waals surface area contributed by atoms with Gasteiger partial charge in [-0.3, -0.25) is 14.4 Å². The molecule has 10 heteroatoms. The maximum atomic E-state index is 12.7. The van der Waals surface area contributed by atoms with Gasteiger partial charge < -0.3 is 20.7 Å². The Balaban J connectivity index is 1.43. The molecule has 1 aliphatic rings. The summed E-state index contributed by atoms with van der Waals surface area (Å²) in [6.07, 6.45) is 2.55. The van der Waals surface area contributed by atoms with Crippen LogP contribution in [0.25, 0.3) is 0 Å². The van der Waals surface area contributed by atoms with E-state index < -0.39 is 24.4 Å². The quantitative estimate of drug-likeness (QED) is 0.499. The first-order valence-corrected chi connectivity index (χ1v) is 11.9. The number of hydrogen-bond donors (Lipinski definition) is 2. The van der Waals surface area contributed by atoms with Crippen molar-refractivity contribution in [2.45, 2.75) is 19.3 Å². The molecule has 0 aliphatic heterocycles. The van der Waals surface area contributed by atoms with Crippen LogP contribution in [0.5, 0.6) is 0 Å². The molecule has 0 bridgehead atoms. The van der Waals surface area contributed by atoms with E-state index in [4.69, 9.17) is 10.5 Å². The van der Waals surface area contributed by atoms with Crippen LogP contribution in [0.1, 0.15) is 47.2 Å². The number of esters is 1. The zero-order valence-electron chi connectivity index (χ0n) is 17.8. The molecule has 0 saturated heterocycles. The molecule has 1 aliphatic carbocycles. The highest BCUT2D eigenvalue weighted by atomic mass is 32.1. The molecule has 33 heavy (non-hydrogen) atoms. The van der Waals surface area contributed by atoms with Gasteiger partial charge in [-0.05, 0) is 48.4 Å². The van der Waals surface area contributed by atoms with E-state index in [1.54, 1.807) is 42.8 Å². The number of carbonyl (C=O) groups excluding carboxylic acids is 4. The Hall–Kier alpha value is -3.50. The number of ether oxygens (including phenoxy) is 1. The Kier molecular flexibility index (Phi) is 6.57. The van der Waals surface area contributed by atoms with E-state index in [0.717, 1.165) is 29.7 Å². The molecular formula is C23H21N3O5S2. The average Bonchev–Trinajstić information content (AvgIpc) is 3.54. The minimum atomic E-state index is -0.740. The summed E-state index contributed by atoms with van der Waals surface area (Å²) >= 11 is 2.63. The Morgan fingerprint density at radius 2 is 1.91 bits per heavy atom. The fourth-order valence-electron chi connectivity index (χ4n) is 3.74. The molecular weight excluding hydrogens is 462 g/mol. The maximum absolute atomic E-state index is 12.7. The number of carbonyl (C=O) groups is 4. The van der Waals surface area contributed by atoms with Crippen LogP contribution in [0.4, 0.5) is 10.7 Å². The van der Waals surface area contributed by atoms with E-state index in [-0.39, 0.29) is 11.5 Å². The summed E-state index contributed by atoms with van der Waals surface area (Å²) in [5, 5.41) is 4.82.